The van der Waals surface area contributed by atoms with Crippen molar-refractivity contribution in [2.75, 3.05) is 33.0 Å². The Hall–Kier alpha value is -2.96. The van der Waals surface area contributed by atoms with E-state index in [4.69, 9.17) is 0 Å². The molecule has 30 heavy (non-hydrogen) atoms. The third-order valence-electron chi connectivity index (χ3n) is 3.94. The molecule has 0 radical (unpaired) electrons. The minimum absolute atomic E-state index is 0.0175. The van der Waals surface area contributed by atoms with Crippen molar-refractivity contribution in [2.45, 2.75) is 9.79 Å². The van der Waals surface area contributed by atoms with Gasteiger partial charge < -0.3 is 9.47 Å². The Morgan fingerprint density at radius 3 is 1.67 bits per heavy atom. The molecule has 2 rings (SSSR count). The van der Waals surface area contributed by atoms with Crippen molar-refractivity contribution < 1.29 is 35.9 Å². The second-order valence-electron chi connectivity index (χ2n) is 6.15. The number of carbonyl (C=O) groups excluding carboxylic acids is 2. The maximum Gasteiger partial charge on any atom is 0.337 e. The smallest absolute Gasteiger partial charge is 0.337 e. The summed E-state index contributed by atoms with van der Waals surface area (Å²) in [5, 5.41) is 0. The Bertz CT molecular complexity index is 1140. The number of methoxy groups -OCH3 is 2. The van der Waals surface area contributed by atoms with Crippen LogP contribution < -0.4 is 4.72 Å². The van der Waals surface area contributed by atoms with Crippen LogP contribution >= 0.6 is 0 Å². The Labute approximate surface area is 174 Å². The van der Waals surface area contributed by atoms with E-state index in [-0.39, 0.29) is 26.6 Å². The van der Waals surface area contributed by atoms with Crippen molar-refractivity contribution in [3.63, 3.8) is 0 Å². The molecule has 0 atom stereocenters. The molecule has 0 fully saturated rings. The van der Waals surface area contributed by atoms with Crippen LogP contribution in [-0.2, 0) is 29.5 Å². The molecule has 0 amide bonds. The van der Waals surface area contributed by atoms with Crippen molar-refractivity contribution in [1.82, 2.24) is 4.31 Å². The molecule has 162 valence electrons. The second kappa shape index (κ2) is 8.81. The summed E-state index contributed by atoms with van der Waals surface area (Å²) in [6.45, 7) is 0. The van der Waals surface area contributed by atoms with E-state index in [1.807, 2.05) is 0 Å². The number of sulfonamides is 2. The molecule has 2 aromatic carbocycles. The van der Waals surface area contributed by atoms with E-state index >= 15 is 0 Å². The van der Waals surface area contributed by atoms with Crippen LogP contribution in [0.5, 0.6) is 0 Å². The molecule has 0 spiro atoms. The molecule has 0 bridgehead atoms. The first-order valence-electron chi connectivity index (χ1n) is 8.29. The maximum atomic E-state index is 12.8. The topological polar surface area (TPSA) is 136 Å². The van der Waals surface area contributed by atoms with Crippen LogP contribution in [0.4, 0.5) is 5.69 Å². The number of esters is 2. The highest BCUT2D eigenvalue weighted by Gasteiger charge is 2.22. The van der Waals surface area contributed by atoms with Gasteiger partial charge in [-0.25, -0.2) is 30.7 Å². The van der Waals surface area contributed by atoms with Gasteiger partial charge in [0.2, 0.25) is 10.0 Å². The number of rotatable bonds is 7. The fourth-order valence-electron chi connectivity index (χ4n) is 2.35. The third kappa shape index (κ3) is 4.96. The van der Waals surface area contributed by atoms with E-state index in [9.17, 15) is 26.4 Å². The number of ether oxygens (including phenoxy) is 2. The Morgan fingerprint density at radius 1 is 0.800 bits per heavy atom. The largest absolute Gasteiger partial charge is 0.465 e. The molecule has 0 heterocycles. The fraction of sp³-hybridized carbons (Fsp3) is 0.222. The van der Waals surface area contributed by atoms with Crippen LogP contribution in [0, 0.1) is 0 Å². The van der Waals surface area contributed by atoms with E-state index in [0.717, 1.165) is 36.7 Å². The number of hydrogen-bond acceptors (Lipinski definition) is 8. The molecule has 12 heteroatoms. The molecule has 0 aliphatic rings. The molecule has 0 aliphatic carbocycles. The monoisotopic (exact) mass is 456 g/mol. The van der Waals surface area contributed by atoms with E-state index in [1.165, 1.54) is 38.4 Å². The molecule has 0 saturated carbocycles. The number of hydrogen-bond donors (Lipinski definition) is 1. The third-order valence-corrected chi connectivity index (χ3v) is 7.13. The zero-order valence-corrected chi connectivity index (χ0v) is 18.2. The number of carbonyl (C=O) groups is 2. The lowest BCUT2D eigenvalue weighted by atomic mass is 10.1. The van der Waals surface area contributed by atoms with E-state index in [0.29, 0.717) is 0 Å². The number of nitrogens with zero attached hydrogens (tertiary/aromatic N) is 1. The van der Waals surface area contributed by atoms with Gasteiger partial charge in [0.15, 0.2) is 0 Å². The van der Waals surface area contributed by atoms with E-state index in [1.54, 1.807) is 0 Å². The summed E-state index contributed by atoms with van der Waals surface area (Å²) in [4.78, 5) is 23.3. The zero-order valence-electron chi connectivity index (χ0n) is 16.6. The number of benzene rings is 2. The van der Waals surface area contributed by atoms with Gasteiger partial charge in [-0.2, -0.15) is 0 Å². The highest BCUT2D eigenvalue weighted by molar-refractivity contribution is 7.92. The standard InChI is InChI=1S/C18H20N2O8S2/c1-20(2)30(25,26)15-7-5-14(6-8-15)19-29(23,24)16-10-12(17(21)27-3)9-13(11-16)18(22)28-4/h5-11,19H,1-4H3. The average molecular weight is 456 g/mol. The Balaban J connectivity index is 2.44. The summed E-state index contributed by atoms with van der Waals surface area (Å²) in [5.41, 5.74) is -0.239. The van der Waals surface area contributed by atoms with E-state index < -0.39 is 32.0 Å². The molecule has 0 saturated heterocycles. The van der Waals surface area contributed by atoms with Crippen molar-refractivity contribution in [3.8, 4) is 0 Å². The number of nitrogens with one attached hydrogen (secondary N) is 1. The van der Waals surface area contributed by atoms with Gasteiger partial charge >= 0.3 is 11.9 Å². The predicted molar refractivity (Wildman–Crippen MR) is 107 cm³/mol. The van der Waals surface area contributed by atoms with Crippen molar-refractivity contribution >= 4 is 37.7 Å². The first kappa shape index (κ1) is 23.3. The number of anilines is 1. The van der Waals surface area contributed by atoms with E-state index in [2.05, 4.69) is 14.2 Å². The molecular weight excluding hydrogens is 436 g/mol. The lowest BCUT2D eigenvalue weighted by Crippen LogP contribution is -2.22. The molecule has 0 aromatic heterocycles. The first-order valence-corrected chi connectivity index (χ1v) is 11.2. The average Bonchev–Trinajstić information content (AvgIpc) is 2.72. The van der Waals surface area contributed by atoms with Gasteiger partial charge in [0.25, 0.3) is 10.0 Å². The van der Waals surface area contributed by atoms with Gasteiger partial charge in [0, 0.05) is 19.8 Å². The summed E-state index contributed by atoms with van der Waals surface area (Å²) < 4.78 is 62.2. The second-order valence-corrected chi connectivity index (χ2v) is 9.98. The van der Waals surface area contributed by atoms with Crippen LogP contribution in [0.2, 0.25) is 0 Å². The SMILES string of the molecule is COC(=O)c1cc(C(=O)OC)cc(S(=O)(=O)Nc2ccc(S(=O)(=O)N(C)C)cc2)c1. The lowest BCUT2D eigenvalue weighted by molar-refractivity contribution is 0.0598. The van der Waals surface area contributed by atoms with Gasteiger partial charge in [-0.3, -0.25) is 4.72 Å². The van der Waals surface area contributed by atoms with Crippen LogP contribution in [0.15, 0.2) is 52.3 Å². The van der Waals surface area contributed by atoms with Crippen LogP contribution in [0.3, 0.4) is 0 Å². The van der Waals surface area contributed by atoms with Gasteiger partial charge in [0.05, 0.1) is 35.1 Å². The lowest BCUT2D eigenvalue weighted by Gasteiger charge is -2.13. The minimum Gasteiger partial charge on any atom is -0.465 e. The zero-order chi connectivity index (χ0) is 22.7. The maximum absolute atomic E-state index is 12.8. The minimum atomic E-state index is -4.23. The Morgan fingerprint density at radius 2 is 1.27 bits per heavy atom. The van der Waals surface area contributed by atoms with Crippen LogP contribution in [0.25, 0.3) is 0 Å². The first-order chi connectivity index (χ1) is 13.9. The summed E-state index contributed by atoms with van der Waals surface area (Å²) in [6.07, 6.45) is 0. The quantitative estimate of drug-likeness (QED) is 0.616. The van der Waals surface area contributed by atoms with Crippen molar-refractivity contribution in [2.24, 2.45) is 0 Å². The van der Waals surface area contributed by atoms with Gasteiger partial charge in [-0.15, -0.1) is 0 Å². The summed E-state index contributed by atoms with van der Waals surface area (Å²) in [6, 6.07) is 8.29. The van der Waals surface area contributed by atoms with Crippen molar-refractivity contribution in [3.05, 3.63) is 53.6 Å². The molecule has 0 unspecified atom stereocenters. The summed E-state index contributed by atoms with van der Waals surface area (Å²) in [7, 11) is -2.93. The normalized spacial score (nSPS) is 11.8. The summed E-state index contributed by atoms with van der Waals surface area (Å²) in [5.74, 6) is -1.68. The highest BCUT2D eigenvalue weighted by Crippen LogP contribution is 2.22. The molecule has 2 aromatic rings. The summed E-state index contributed by atoms with van der Waals surface area (Å²) >= 11 is 0. The van der Waals surface area contributed by atoms with Gasteiger partial charge in [0.1, 0.15) is 0 Å². The van der Waals surface area contributed by atoms with Crippen molar-refractivity contribution in [1.29, 1.82) is 0 Å². The van der Waals surface area contributed by atoms with Crippen LogP contribution in [-0.4, -0.2) is 61.4 Å². The molecule has 0 aliphatic heterocycles. The predicted octanol–water partition coefficient (Wildman–Crippen LogP) is 1.31. The Kier molecular flexibility index (Phi) is 6.85. The fourth-order valence-corrected chi connectivity index (χ4v) is 4.38. The van der Waals surface area contributed by atoms with Crippen LogP contribution in [0.1, 0.15) is 20.7 Å². The van der Waals surface area contributed by atoms with Gasteiger partial charge in [-0.05, 0) is 42.5 Å². The highest BCUT2D eigenvalue weighted by atomic mass is 32.2. The van der Waals surface area contributed by atoms with Gasteiger partial charge in [-0.1, -0.05) is 0 Å². The molecule has 10 nitrogen and oxygen atoms in total. The molecule has 1 N–H and O–H groups in total. The molecular formula is C18H20N2O8S2.